The Bertz CT molecular complexity index is 1150. The molecule has 0 saturated carbocycles. The van der Waals surface area contributed by atoms with Gasteiger partial charge < -0.3 is 14.2 Å². The minimum Gasteiger partial charge on any atom is -0.493 e. The molecule has 0 saturated heterocycles. The number of nitrogens with one attached hydrogen (secondary N) is 1. The lowest BCUT2D eigenvalue weighted by atomic mass is 10.2. The minimum atomic E-state index is -3.88. The first kappa shape index (κ1) is 21.7. The van der Waals surface area contributed by atoms with Gasteiger partial charge in [0.1, 0.15) is 12.3 Å². The first-order valence-electron chi connectivity index (χ1n) is 8.92. The van der Waals surface area contributed by atoms with E-state index in [2.05, 4.69) is 9.71 Å². The van der Waals surface area contributed by atoms with Gasteiger partial charge in [-0.3, -0.25) is 4.72 Å². The Morgan fingerprint density at radius 3 is 2.53 bits per heavy atom. The maximum absolute atomic E-state index is 12.9. The van der Waals surface area contributed by atoms with Gasteiger partial charge in [-0.05, 0) is 54.4 Å². The number of methoxy groups -OCH3 is 2. The summed E-state index contributed by atoms with van der Waals surface area (Å²) in [4.78, 5) is 4.24. The van der Waals surface area contributed by atoms with Gasteiger partial charge in [0.2, 0.25) is 5.88 Å². The maximum atomic E-state index is 12.9. The summed E-state index contributed by atoms with van der Waals surface area (Å²) in [5.41, 5.74) is 1.48. The van der Waals surface area contributed by atoms with Crippen LogP contribution < -0.4 is 18.9 Å². The van der Waals surface area contributed by atoms with E-state index in [1.54, 1.807) is 57.5 Å². The Hall–Kier alpha value is -2.97. The minimum absolute atomic E-state index is 0.0877. The van der Waals surface area contributed by atoms with Crippen molar-refractivity contribution in [3.05, 3.63) is 70.9 Å². The molecule has 158 valence electrons. The van der Waals surface area contributed by atoms with Crippen molar-refractivity contribution >= 4 is 27.3 Å². The molecule has 0 spiro atoms. The Kier molecular flexibility index (Phi) is 6.69. The Morgan fingerprint density at radius 2 is 1.80 bits per heavy atom. The number of hydrogen-bond acceptors (Lipinski definition) is 6. The standard InChI is InChI=1S/C21H21ClN2O5S/c1-14-16(22)6-4-8-20(14)30(25,26)24-17-7-5-11-23-21(17)29-13-15-9-10-18(27-2)19(12-15)28-3/h4-12,24H,13H2,1-3H3. The van der Waals surface area contributed by atoms with Crippen molar-refractivity contribution in [1.82, 2.24) is 4.98 Å². The molecule has 0 radical (unpaired) electrons. The highest BCUT2D eigenvalue weighted by Gasteiger charge is 2.20. The summed E-state index contributed by atoms with van der Waals surface area (Å²) in [5.74, 6) is 1.32. The second kappa shape index (κ2) is 9.23. The van der Waals surface area contributed by atoms with Crippen molar-refractivity contribution in [2.45, 2.75) is 18.4 Å². The van der Waals surface area contributed by atoms with Crippen LogP contribution in [0, 0.1) is 6.92 Å². The van der Waals surface area contributed by atoms with E-state index >= 15 is 0 Å². The number of halogens is 1. The molecule has 0 bridgehead atoms. The van der Waals surface area contributed by atoms with E-state index in [0.29, 0.717) is 22.1 Å². The molecule has 0 aliphatic carbocycles. The van der Waals surface area contributed by atoms with Crippen molar-refractivity contribution in [2.24, 2.45) is 0 Å². The Labute approximate surface area is 180 Å². The molecule has 0 aliphatic heterocycles. The van der Waals surface area contributed by atoms with Crippen LogP contribution in [0.2, 0.25) is 5.02 Å². The quantitative estimate of drug-likeness (QED) is 0.548. The summed E-state index contributed by atoms with van der Waals surface area (Å²) in [6.45, 7) is 1.80. The molecule has 0 aliphatic rings. The summed E-state index contributed by atoms with van der Waals surface area (Å²) in [5, 5.41) is 0.369. The zero-order valence-corrected chi connectivity index (χ0v) is 18.3. The fourth-order valence-electron chi connectivity index (χ4n) is 2.78. The van der Waals surface area contributed by atoms with Crippen LogP contribution in [0.1, 0.15) is 11.1 Å². The second-order valence-corrected chi connectivity index (χ2v) is 8.36. The van der Waals surface area contributed by atoms with Gasteiger partial charge in [0.15, 0.2) is 11.5 Å². The van der Waals surface area contributed by atoms with Gasteiger partial charge in [-0.15, -0.1) is 0 Å². The van der Waals surface area contributed by atoms with E-state index in [-0.39, 0.29) is 23.1 Å². The molecule has 3 rings (SSSR count). The molecule has 0 amide bonds. The molecule has 3 aromatic rings. The van der Waals surface area contributed by atoms with Crippen molar-refractivity contribution in [3.63, 3.8) is 0 Å². The predicted molar refractivity (Wildman–Crippen MR) is 115 cm³/mol. The van der Waals surface area contributed by atoms with Crippen LogP contribution in [-0.4, -0.2) is 27.6 Å². The molecule has 7 nitrogen and oxygen atoms in total. The Morgan fingerprint density at radius 1 is 1.03 bits per heavy atom. The lowest BCUT2D eigenvalue weighted by Gasteiger charge is -2.15. The first-order valence-corrected chi connectivity index (χ1v) is 10.8. The molecule has 30 heavy (non-hydrogen) atoms. The molecule has 1 heterocycles. The summed E-state index contributed by atoms with van der Waals surface area (Å²) >= 11 is 6.07. The highest BCUT2D eigenvalue weighted by Crippen LogP contribution is 2.30. The normalized spacial score (nSPS) is 11.1. The largest absolute Gasteiger partial charge is 0.493 e. The van der Waals surface area contributed by atoms with Crippen molar-refractivity contribution in [3.8, 4) is 17.4 Å². The molecule has 0 fully saturated rings. The van der Waals surface area contributed by atoms with E-state index < -0.39 is 10.0 Å². The van der Waals surface area contributed by atoms with Crippen LogP contribution in [0.3, 0.4) is 0 Å². The fourth-order valence-corrected chi connectivity index (χ4v) is 4.34. The van der Waals surface area contributed by atoms with Crippen LogP contribution in [0.15, 0.2) is 59.6 Å². The van der Waals surface area contributed by atoms with Crippen LogP contribution in [0.4, 0.5) is 5.69 Å². The van der Waals surface area contributed by atoms with E-state index in [1.165, 1.54) is 12.3 Å². The van der Waals surface area contributed by atoms with Gasteiger partial charge in [0.25, 0.3) is 10.0 Å². The number of aromatic nitrogens is 1. The van der Waals surface area contributed by atoms with E-state index in [9.17, 15) is 8.42 Å². The monoisotopic (exact) mass is 448 g/mol. The van der Waals surface area contributed by atoms with Crippen LogP contribution >= 0.6 is 11.6 Å². The number of anilines is 1. The van der Waals surface area contributed by atoms with Gasteiger partial charge in [0, 0.05) is 11.2 Å². The summed E-state index contributed by atoms with van der Waals surface area (Å²) in [6, 6.07) is 13.3. The highest BCUT2D eigenvalue weighted by atomic mass is 35.5. The Balaban J connectivity index is 1.82. The van der Waals surface area contributed by atoms with Crippen LogP contribution in [0.25, 0.3) is 0 Å². The number of hydrogen-bond donors (Lipinski definition) is 1. The van der Waals surface area contributed by atoms with Crippen molar-refractivity contribution in [1.29, 1.82) is 0 Å². The van der Waals surface area contributed by atoms with Gasteiger partial charge in [0.05, 0.1) is 19.1 Å². The lowest BCUT2D eigenvalue weighted by molar-refractivity contribution is 0.294. The summed E-state index contributed by atoms with van der Waals surface area (Å²) < 4.78 is 44.6. The third kappa shape index (κ3) is 4.77. The number of sulfonamides is 1. The fraction of sp³-hybridized carbons (Fsp3) is 0.190. The number of nitrogens with zero attached hydrogens (tertiary/aromatic N) is 1. The molecule has 2 aromatic carbocycles. The molecule has 9 heteroatoms. The van der Waals surface area contributed by atoms with Gasteiger partial charge in [-0.2, -0.15) is 0 Å². The number of rotatable bonds is 8. The van der Waals surface area contributed by atoms with Crippen molar-refractivity contribution < 1.29 is 22.6 Å². The zero-order chi connectivity index (χ0) is 21.7. The summed E-state index contributed by atoms with van der Waals surface area (Å²) in [7, 11) is -0.778. The zero-order valence-electron chi connectivity index (χ0n) is 16.7. The van der Waals surface area contributed by atoms with E-state index in [4.69, 9.17) is 25.8 Å². The third-order valence-corrected chi connectivity index (χ3v) is 6.27. The molecular weight excluding hydrogens is 428 g/mol. The average Bonchev–Trinajstić information content (AvgIpc) is 2.74. The predicted octanol–water partition coefficient (Wildman–Crippen LogP) is 4.44. The highest BCUT2D eigenvalue weighted by molar-refractivity contribution is 7.92. The van der Waals surface area contributed by atoms with Gasteiger partial charge in [-0.25, -0.2) is 13.4 Å². The molecule has 1 aromatic heterocycles. The van der Waals surface area contributed by atoms with Crippen molar-refractivity contribution in [2.75, 3.05) is 18.9 Å². The third-order valence-electron chi connectivity index (χ3n) is 4.35. The maximum Gasteiger partial charge on any atom is 0.262 e. The average molecular weight is 449 g/mol. The lowest BCUT2D eigenvalue weighted by Crippen LogP contribution is -2.15. The van der Waals surface area contributed by atoms with Crippen LogP contribution in [0.5, 0.6) is 17.4 Å². The number of ether oxygens (including phenoxy) is 3. The second-order valence-electron chi connectivity index (χ2n) is 6.30. The van der Waals surface area contributed by atoms with Gasteiger partial charge in [-0.1, -0.05) is 23.7 Å². The molecule has 0 atom stereocenters. The smallest absolute Gasteiger partial charge is 0.262 e. The number of pyridine rings is 1. The molecular formula is C21H21ClN2O5S. The van der Waals surface area contributed by atoms with E-state index in [0.717, 1.165) is 5.56 Å². The van der Waals surface area contributed by atoms with Gasteiger partial charge >= 0.3 is 0 Å². The summed E-state index contributed by atoms with van der Waals surface area (Å²) in [6.07, 6.45) is 1.52. The van der Waals surface area contributed by atoms with E-state index in [1.807, 2.05) is 6.07 Å². The van der Waals surface area contributed by atoms with Crippen LogP contribution in [-0.2, 0) is 16.6 Å². The topological polar surface area (TPSA) is 86.8 Å². The number of benzene rings is 2. The SMILES string of the molecule is COc1ccc(COc2ncccc2NS(=O)(=O)c2cccc(Cl)c2C)cc1OC. The molecule has 1 N–H and O–H groups in total. The first-order chi connectivity index (χ1) is 14.4. The molecule has 0 unspecified atom stereocenters.